The zero-order chi connectivity index (χ0) is 33.2. The second-order valence-corrected chi connectivity index (χ2v) is 16.8. The maximum absolute atomic E-state index is 13.0. The van der Waals surface area contributed by atoms with E-state index >= 15 is 0 Å². The van der Waals surface area contributed by atoms with E-state index in [1.807, 2.05) is 6.92 Å². The summed E-state index contributed by atoms with van der Waals surface area (Å²) in [6, 6.07) is 8.03. The zero-order valence-electron chi connectivity index (χ0n) is 30.5. The van der Waals surface area contributed by atoms with Gasteiger partial charge in [-0.05, 0) is 76.8 Å². The Morgan fingerprint density at radius 2 is 0.837 bits per heavy atom. The molecule has 4 nitrogen and oxygen atoms in total. The molecule has 0 aliphatic heterocycles. The Labute approximate surface area is 265 Å². The molecular weight excluding hydrogens is 530 g/mol. The fourth-order valence-corrected chi connectivity index (χ4v) is 5.57. The van der Waals surface area contributed by atoms with E-state index in [0.29, 0.717) is 13.2 Å². The van der Waals surface area contributed by atoms with E-state index < -0.39 is 11.6 Å². The zero-order valence-corrected chi connectivity index (χ0v) is 30.5. The molecule has 0 bridgehead atoms. The number of unbranched alkanes of at least 4 members (excludes halogenated alkanes) is 2. The second-order valence-electron chi connectivity index (χ2n) is 16.8. The van der Waals surface area contributed by atoms with Crippen molar-refractivity contribution < 1.29 is 14.6 Å². The number of nitrogens with two attached hydrogens (primary N) is 1. The molecule has 43 heavy (non-hydrogen) atoms. The third-order valence-electron chi connectivity index (χ3n) is 8.44. The highest BCUT2D eigenvalue weighted by molar-refractivity contribution is 5.57. The molecule has 0 heterocycles. The third-order valence-corrected chi connectivity index (χ3v) is 8.44. The smallest absolute Gasteiger partial charge is 0.129 e. The Morgan fingerprint density at radius 3 is 1.02 bits per heavy atom. The quantitative estimate of drug-likeness (QED) is 0.254. The van der Waals surface area contributed by atoms with E-state index in [2.05, 4.69) is 121 Å². The van der Waals surface area contributed by atoms with Crippen LogP contribution in [0.2, 0.25) is 0 Å². The molecule has 0 aromatic heterocycles. The molecule has 0 saturated carbocycles. The van der Waals surface area contributed by atoms with Crippen molar-refractivity contribution in [3.63, 3.8) is 0 Å². The van der Waals surface area contributed by atoms with Gasteiger partial charge in [-0.15, -0.1) is 0 Å². The Morgan fingerprint density at radius 1 is 0.581 bits per heavy atom. The lowest BCUT2D eigenvalue weighted by Crippen LogP contribution is -2.45. The maximum atomic E-state index is 13.0. The maximum Gasteiger partial charge on any atom is 0.129 e. The number of aliphatic hydroxyl groups is 1. The lowest BCUT2D eigenvalue weighted by Gasteiger charge is -2.39. The first-order valence-corrected chi connectivity index (χ1v) is 16.6. The van der Waals surface area contributed by atoms with E-state index in [0.717, 1.165) is 70.6 Å². The van der Waals surface area contributed by atoms with Crippen molar-refractivity contribution in [3.05, 3.63) is 57.6 Å². The predicted molar refractivity (Wildman–Crippen MR) is 185 cm³/mol. The summed E-state index contributed by atoms with van der Waals surface area (Å²) >= 11 is 0. The number of ether oxygens (including phenoxy) is 2. The van der Waals surface area contributed by atoms with Gasteiger partial charge >= 0.3 is 0 Å². The molecular formula is C39H65NO3. The molecule has 1 atom stereocenters. The standard InChI is InChI=1S/C39H65NO3/c1-16-18-20-42-33-29(35(4,5)6)22-27(23-30(33)36(7,8)9)39(41,26(3)40)28-24-31(37(10,11)12)34(43-21-19-17-2)32(25-28)38(13,14)15/h22-26,41H,16-21,40H2,1-15H3. The molecule has 0 amide bonds. The first-order chi connectivity index (χ1) is 19.5. The molecule has 0 fully saturated rings. The van der Waals surface area contributed by atoms with Gasteiger partial charge in [-0.3, -0.25) is 0 Å². The average Bonchev–Trinajstić information content (AvgIpc) is 2.85. The lowest BCUT2D eigenvalue weighted by atomic mass is 9.71. The van der Waals surface area contributed by atoms with Crippen LogP contribution in [-0.2, 0) is 27.3 Å². The summed E-state index contributed by atoms with van der Waals surface area (Å²) in [5.41, 5.74) is 10.5. The van der Waals surface area contributed by atoms with Crippen molar-refractivity contribution in [2.24, 2.45) is 5.73 Å². The van der Waals surface area contributed by atoms with Gasteiger partial charge < -0.3 is 20.3 Å². The highest BCUT2D eigenvalue weighted by Crippen LogP contribution is 2.48. The van der Waals surface area contributed by atoms with Crippen molar-refractivity contribution in [2.45, 2.75) is 163 Å². The van der Waals surface area contributed by atoms with Gasteiger partial charge in [0, 0.05) is 28.3 Å². The molecule has 244 valence electrons. The summed E-state index contributed by atoms with van der Waals surface area (Å²) in [7, 11) is 0. The van der Waals surface area contributed by atoms with Crippen LogP contribution in [0.1, 0.15) is 163 Å². The fourth-order valence-electron chi connectivity index (χ4n) is 5.57. The molecule has 1 unspecified atom stereocenters. The van der Waals surface area contributed by atoms with Crippen molar-refractivity contribution in [1.82, 2.24) is 0 Å². The highest BCUT2D eigenvalue weighted by Gasteiger charge is 2.41. The first kappa shape index (κ1) is 37.1. The van der Waals surface area contributed by atoms with Gasteiger partial charge in [-0.2, -0.15) is 0 Å². The molecule has 4 heteroatoms. The van der Waals surface area contributed by atoms with Crippen LogP contribution in [-0.4, -0.2) is 24.4 Å². The molecule has 0 saturated heterocycles. The highest BCUT2D eigenvalue weighted by atomic mass is 16.5. The Balaban J connectivity index is 3.08. The molecule has 3 N–H and O–H groups in total. The molecule has 0 radical (unpaired) electrons. The van der Waals surface area contributed by atoms with Gasteiger partial charge in [0.2, 0.25) is 0 Å². The van der Waals surface area contributed by atoms with Crippen LogP contribution in [0.5, 0.6) is 11.5 Å². The summed E-state index contributed by atoms with van der Waals surface area (Å²) in [5, 5.41) is 13.0. The number of hydrogen-bond acceptors (Lipinski definition) is 4. The summed E-state index contributed by atoms with van der Waals surface area (Å²) < 4.78 is 13.1. The summed E-state index contributed by atoms with van der Waals surface area (Å²) in [4.78, 5) is 0. The van der Waals surface area contributed by atoms with Gasteiger partial charge in [0.05, 0.1) is 13.2 Å². The van der Waals surface area contributed by atoms with E-state index in [1.165, 1.54) is 0 Å². The summed E-state index contributed by atoms with van der Waals surface area (Å²) in [6.45, 7) is 34.2. The summed E-state index contributed by atoms with van der Waals surface area (Å²) in [6.07, 6.45) is 4.14. The molecule has 2 rings (SSSR count). The van der Waals surface area contributed by atoms with Crippen molar-refractivity contribution in [2.75, 3.05) is 13.2 Å². The van der Waals surface area contributed by atoms with Crippen LogP contribution in [0.3, 0.4) is 0 Å². The van der Waals surface area contributed by atoms with E-state index in [1.54, 1.807) is 0 Å². The molecule has 0 aliphatic rings. The third kappa shape index (κ3) is 8.57. The van der Waals surface area contributed by atoms with Gasteiger partial charge in [0.25, 0.3) is 0 Å². The Bertz CT molecular complexity index is 1050. The van der Waals surface area contributed by atoms with Crippen LogP contribution >= 0.6 is 0 Å². The van der Waals surface area contributed by atoms with Crippen LogP contribution in [0.25, 0.3) is 0 Å². The normalized spacial score (nSPS) is 14.2. The topological polar surface area (TPSA) is 64.7 Å². The van der Waals surface area contributed by atoms with Crippen LogP contribution in [0, 0.1) is 0 Å². The van der Waals surface area contributed by atoms with Crippen molar-refractivity contribution in [3.8, 4) is 11.5 Å². The lowest BCUT2D eigenvalue weighted by molar-refractivity contribution is 0.0571. The Hall–Kier alpha value is -2.04. The Kier molecular flexibility index (Phi) is 11.7. The molecule has 2 aromatic rings. The SMILES string of the molecule is CCCCOc1c(C(C)(C)C)cc(C(O)(c2cc(C(C)(C)C)c(OCCCC)c(C(C)(C)C)c2)C(C)N)cc1C(C)(C)C. The van der Waals surface area contributed by atoms with E-state index in [-0.39, 0.29) is 21.7 Å². The summed E-state index contributed by atoms with van der Waals surface area (Å²) in [5.74, 6) is 1.88. The van der Waals surface area contributed by atoms with Crippen LogP contribution in [0.4, 0.5) is 0 Å². The minimum Gasteiger partial charge on any atom is -0.493 e. The van der Waals surface area contributed by atoms with Crippen LogP contribution in [0.15, 0.2) is 24.3 Å². The van der Waals surface area contributed by atoms with Gasteiger partial charge in [0.15, 0.2) is 0 Å². The molecule has 0 spiro atoms. The minimum atomic E-state index is -1.44. The molecule has 0 aliphatic carbocycles. The van der Waals surface area contributed by atoms with E-state index in [4.69, 9.17) is 15.2 Å². The van der Waals surface area contributed by atoms with Gasteiger partial charge in [-0.25, -0.2) is 0 Å². The largest absolute Gasteiger partial charge is 0.493 e. The minimum absolute atomic E-state index is 0.208. The average molecular weight is 596 g/mol. The number of benzene rings is 2. The first-order valence-electron chi connectivity index (χ1n) is 16.6. The van der Waals surface area contributed by atoms with Crippen molar-refractivity contribution in [1.29, 1.82) is 0 Å². The predicted octanol–water partition coefficient (Wildman–Crippen LogP) is 9.82. The fraction of sp³-hybridized carbons (Fsp3) is 0.692. The second kappa shape index (κ2) is 13.5. The van der Waals surface area contributed by atoms with E-state index in [9.17, 15) is 5.11 Å². The van der Waals surface area contributed by atoms with Gasteiger partial charge in [0.1, 0.15) is 17.1 Å². The monoisotopic (exact) mass is 595 g/mol. The van der Waals surface area contributed by atoms with Gasteiger partial charge in [-0.1, -0.05) is 110 Å². The number of rotatable bonds is 11. The van der Waals surface area contributed by atoms with Crippen molar-refractivity contribution >= 4 is 0 Å². The number of hydrogen-bond donors (Lipinski definition) is 2. The molecule has 2 aromatic carbocycles. The van der Waals surface area contributed by atoms with Crippen LogP contribution < -0.4 is 15.2 Å².